The third-order valence-electron chi connectivity index (χ3n) is 4.85. The minimum atomic E-state index is -3.89. The summed E-state index contributed by atoms with van der Waals surface area (Å²) in [5.41, 5.74) is 6.09. The fourth-order valence-electron chi connectivity index (χ4n) is 3.16. The lowest BCUT2D eigenvalue weighted by Crippen LogP contribution is -2.47. The maximum Gasteiger partial charge on any atom is 0.247 e. The van der Waals surface area contributed by atoms with Crippen molar-refractivity contribution in [1.29, 1.82) is 0 Å². The van der Waals surface area contributed by atoms with E-state index in [-0.39, 0.29) is 41.5 Å². The molecule has 2 amide bonds. The molecule has 0 spiro atoms. The van der Waals surface area contributed by atoms with Gasteiger partial charge in [0.15, 0.2) is 0 Å². The van der Waals surface area contributed by atoms with Gasteiger partial charge in [-0.15, -0.1) is 0 Å². The standard InChI is InChI=1S/C18H27N3O5S/c1-4-21(12-17(22)20-9-7-14(8-10-20)18(19)23)27(24,25)16-11-13(2)5-6-15(16)26-3/h5-6,11,14H,4,7-10,12H2,1-3H3,(H2,19,23). The van der Waals surface area contributed by atoms with Gasteiger partial charge >= 0.3 is 0 Å². The highest BCUT2D eigenvalue weighted by atomic mass is 32.2. The summed E-state index contributed by atoms with van der Waals surface area (Å²) in [6.07, 6.45) is 1.01. The van der Waals surface area contributed by atoms with Crippen LogP contribution in [0.1, 0.15) is 25.3 Å². The molecule has 150 valence electrons. The first-order valence-electron chi connectivity index (χ1n) is 8.92. The average molecular weight is 397 g/mol. The lowest BCUT2D eigenvalue weighted by atomic mass is 9.96. The number of ether oxygens (including phenoxy) is 1. The largest absolute Gasteiger partial charge is 0.495 e. The number of nitrogens with zero attached hydrogens (tertiary/aromatic N) is 2. The Kier molecular flexibility index (Phi) is 6.83. The molecule has 1 aliphatic rings. The van der Waals surface area contributed by atoms with Crippen LogP contribution in [-0.4, -0.2) is 62.7 Å². The number of rotatable bonds is 7. The highest BCUT2D eigenvalue weighted by Gasteiger charge is 2.31. The van der Waals surface area contributed by atoms with Crippen LogP contribution in [0, 0.1) is 12.8 Å². The highest BCUT2D eigenvalue weighted by molar-refractivity contribution is 7.89. The SMILES string of the molecule is CCN(CC(=O)N1CCC(C(N)=O)CC1)S(=O)(=O)c1cc(C)ccc1OC. The van der Waals surface area contributed by atoms with Crippen LogP contribution in [-0.2, 0) is 19.6 Å². The van der Waals surface area contributed by atoms with E-state index in [1.165, 1.54) is 7.11 Å². The summed E-state index contributed by atoms with van der Waals surface area (Å²) in [5, 5.41) is 0. The van der Waals surface area contributed by atoms with Crippen molar-refractivity contribution < 1.29 is 22.7 Å². The Morgan fingerprint density at radius 1 is 1.30 bits per heavy atom. The first kappa shape index (κ1) is 21.2. The minimum absolute atomic E-state index is 0.0482. The van der Waals surface area contributed by atoms with Gasteiger partial charge in [-0.3, -0.25) is 9.59 Å². The molecule has 0 atom stereocenters. The molecule has 0 saturated carbocycles. The van der Waals surface area contributed by atoms with Gasteiger partial charge in [0, 0.05) is 25.6 Å². The van der Waals surface area contributed by atoms with Gasteiger partial charge in [-0.1, -0.05) is 13.0 Å². The minimum Gasteiger partial charge on any atom is -0.495 e. The molecule has 2 rings (SSSR count). The predicted molar refractivity (Wildman–Crippen MR) is 101 cm³/mol. The molecular weight excluding hydrogens is 370 g/mol. The van der Waals surface area contributed by atoms with E-state index >= 15 is 0 Å². The molecule has 0 radical (unpaired) electrons. The molecule has 0 aliphatic carbocycles. The third kappa shape index (κ3) is 4.78. The second kappa shape index (κ2) is 8.71. The Labute approximate surface area is 160 Å². The number of methoxy groups -OCH3 is 1. The zero-order valence-electron chi connectivity index (χ0n) is 16.0. The van der Waals surface area contributed by atoms with Gasteiger partial charge in [-0.2, -0.15) is 4.31 Å². The Morgan fingerprint density at radius 3 is 2.44 bits per heavy atom. The molecular formula is C18H27N3O5S. The zero-order valence-corrected chi connectivity index (χ0v) is 16.8. The van der Waals surface area contributed by atoms with E-state index in [2.05, 4.69) is 0 Å². The average Bonchev–Trinajstić information content (AvgIpc) is 2.65. The summed E-state index contributed by atoms with van der Waals surface area (Å²) in [5.74, 6) is -0.619. The van der Waals surface area contributed by atoms with Gasteiger partial charge in [-0.05, 0) is 37.5 Å². The van der Waals surface area contributed by atoms with Crippen LogP contribution in [0.15, 0.2) is 23.1 Å². The molecule has 0 unspecified atom stereocenters. The number of hydrogen-bond donors (Lipinski definition) is 1. The van der Waals surface area contributed by atoms with Gasteiger partial charge in [0.2, 0.25) is 21.8 Å². The topological polar surface area (TPSA) is 110 Å². The molecule has 2 N–H and O–H groups in total. The van der Waals surface area contributed by atoms with E-state index in [0.29, 0.717) is 25.9 Å². The van der Waals surface area contributed by atoms with E-state index < -0.39 is 10.0 Å². The summed E-state index contributed by atoms with van der Waals surface area (Å²) < 4.78 is 32.5. The Balaban J connectivity index is 2.16. The summed E-state index contributed by atoms with van der Waals surface area (Å²) in [6.45, 7) is 4.19. The smallest absolute Gasteiger partial charge is 0.247 e. The number of aryl methyl sites for hydroxylation is 1. The molecule has 1 aromatic rings. The van der Waals surface area contributed by atoms with Crippen molar-refractivity contribution in [2.45, 2.75) is 31.6 Å². The van der Waals surface area contributed by atoms with E-state index in [1.807, 2.05) is 0 Å². The summed E-state index contributed by atoms with van der Waals surface area (Å²) in [6, 6.07) is 4.91. The molecule has 1 aromatic carbocycles. The number of carbonyl (C=O) groups excluding carboxylic acids is 2. The van der Waals surface area contributed by atoms with Crippen LogP contribution in [0.3, 0.4) is 0 Å². The van der Waals surface area contributed by atoms with E-state index in [1.54, 1.807) is 36.9 Å². The summed E-state index contributed by atoms with van der Waals surface area (Å²) in [4.78, 5) is 25.5. The van der Waals surface area contributed by atoms with Gasteiger partial charge in [0.25, 0.3) is 0 Å². The van der Waals surface area contributed by atoms with Crippen molar-refractivity contribution >= 4 is 21.8 Å². The molecule has 0 aromatic heterocycles. The molecule has 1 fully saturated rings. The number of hydrogen-bond acceptors (Lipinski definition) is 5. The lowest BCUT2D eigenvalue weighted by molar-refractivity contribution is -0.135. The zero-order chi connectivity index (χ0) is 20.2. The monoisotopic (exact) mass is 397 g/mol. The van der Waals surface area contributed by atoms with Crippen LogP contribution < -0.4 is 10.5 Å². The number of likely N-dealkylation sites (tertiary alicyclic amines) is 1. The van der Waals surface area contributed by atoms with Crippen LogP contribution >= 0.6 is 0 Å². The molecule has 1 heterocycles. The van der Waals surface area contributed by atoms with Gasteiger partial charge in [-0.25, -0.2) is 8.42 Å². The van der Waals surface area contributed by atoms with Gasteiger partial charge in [0.1, 0.15) is 10.6 Å². The number of amides is 2. The maximum absolute atomic E-state index is 13.1. The molecule has 8 nitrogen and oxygen atoms in total. The van der Waals surface area contributed by atoms with Crippen molar-refractivity contribution in [2.75, 3.05) is 33.3 Å². The third-order valence-corrected chi connectivity index (χ3v) is 6.79. The van der Waals surface area contributed by atoms with Crippen LogP contribution in [0.5, 0.6) is 5.75 Å². The van der Waals surface area contributed by atoms with Crippen molar-refractivity contribution in [3.8, 4) is 5.75 Å². The number of carbonyl (C=O) groups is 2. The number of nitrogens with two attached hydrogens (primary N) is 1. The quantitative estimate of drug-likeness (QED) is 0.730. The molecule has 1 saturated heterocycles. The van der Waals surface area contributed by atoms with Crippen molar-refractivity contribution in [3.63, 3.8) is 0 Å². The molecule has 27 heavy (non-hydrogen) atoms. The van der Waals surface area contributed by atoms with E-state index in [0.717, 1.165) is 9.87 Å². The highest BCUT2D eigenvalue weighted by Crippen LogP contribution is 2.28. The van der Waals surface area contributed by atoms with Gasteiger partial charge in [0.05, 0.1) is 13.7 Å². The van der Waals surface area contributed by atoms with Crippen LogP contribution in [0.25, 0.3) is 0 Å². The summed E-state index contributed by atoms with van der Waals surface area (Å²) in [7, 11) is -2.48. The van der Waals surface area contributed by atoms with Crippen molar-refractivity contribution in [1.82, 2.24) is 9.21 Å². The Bertz CT molecular complexity index is 801. The van der Waals surface area contributed by atoms with Crippen molar-refractivity contribution in [2.24, 2.45) is 11.7 Å². The second-order valence-corrected chi connectivity index (χ2v) is 8.55. The molecule has 0 bridgehead atoms. The first-order valence-corrected chi connectivity index (χ1v) is 10.4. The van der Waals surface area contributed by atoms with E-state index in [4.69, 9.17) is 10.5 Å². The molecule has 9 heteroatoms. The number of benzene rings is 1. The fraction of sp³-hybridized carbons (Fsp3) is 0.556. The van der Waals surface area contributed by atoms with Gasteiger partial charge < -0.3 is 15.4 Å². The summed E-state index contributed by atoms with van der Waals surface area (Å²) >= 11 is 0. The molecule has 1 aliphatic heterocycles. The Hall–Kier alpha value is -2.13. The predicted octanol–water partition coefficient (Wildman–Crippen LogP) is 0.738. The number of likely N-dealkylation sites (N-methyl/N-ethyl adjacent to an activating group) is 1. The number of sulfonamides is 1. The second-order valence-electron chi connectivity index (χ2n) is 6.64. The lowest BCUT2D eigenvalue weighted by Gasteiger charge is -2.32. The maximum atomic E-state index is 13.1. The van der Waals surface area contributed by atoms with Crippen molar-refractivity contribution in [3.05, 3.63) is 23.8 Å². The normalized spacial score (nSPS) is 15.8. The first-order chi connectivity index (χ1) is 12.7. The van der Waals surface area contributed by atoms with Crippen LogP contribution in [0.4, 0.5) is 0 Å². The number of piperidine rings is 1. The number of primary amides is 1. The van der Waals surface area contributed by atoms with Crippen LogP contribution in [0.2, 0.25) is 0 Å². The fourth-order valence-corrected chi connectivity index (χ4v) is 4.79. The van der Waals surface area contributed by atoms with E-state index in [9.17, 15) is 18.0 Å². The Morgan fingerprint density at radius 2 is 1.93 bits per heavy atom.